The van der Waals surface area contributed by atoms with Crippen molar-refractivity contribution in [2.45, 2.75) is 511 Å². The van der Waals surface area contributed by atoms with Crippen molar-refractivity contribution < 1.29 is 122 Å². The van der Waals surface area contributed by atoms with Gasteiger partial charge in [0, 0.05) is 25.7 Å². The number of carbonyl (C=O) groups excluding carboxylic acids is 4. The van der Waals surface area contributed by atoms with Gasteiger partial charge < -0.3 is 88.7 Å². The smallest absolute Gasteiger partial charge is 0.463 e. The highest BCUT2D eigenvalue weighted by Gasteiger charge is 2.60. The summed E-state index contributed by atoms with van der Waals surface area (Å²) in [5.41, 5.74) is 0. The van der Waals surface area contributed by atoms with Gasteiger partial charge in [0.1, 0.15) is 92.6 Å². The zero-order valence-electron chi connectivity index (χ0n) is 73.7. The number of carbonyl (C=O) groups is 4. The normalized spacial score (nSPS) is 25.0. The van der Waals surface area contributed by atoms with Crippen molar-refractivity contribution in [1.29, 1.82) is 0 Å². The van der Waals surface area contributed by atoms with Gasteiger partial charge in [0.25, 0.3) is 0 Å². The van der Waals surface area contributed by atoms with E-state index in [0.717, 1.165) is 141 Å². The highest BCUT2D eigenvalue weighted by molar-refractivity contribution is 7.47. The van der Waals surface area contributed by atoms with Gasteiger partial charge in [-0.25, -0.2) is 4.57 Å². The van der Waals surface area contributed by atoms with Crippen LogP contribution in [0.15, 0.2) is 24.3 Å². The Morgan fingerprint density at radius 3 is 1.03 bits per heavy atom. The third-order valence-corrected chi connectivity index (χ3v) is 24.2. The Labute approximate surface area is 711 Å². The molecule has 1 saturated carbocycles. The number of phosphoric ester groups is 1. The van der Waals surface area contributed by atoms with Crippen LogP contribution in [-0.4, -0.2) is 205 Å². The molecule has 0 amide bonds. The fourth-order valence-electron chi connectivity index (χ4n) is 15.6. The van der Waals surface area contributed by atoms with Gasteiger partial charge in [-0.3, -0.25) is 28.2 Å². The zero-order valence-corrected chi connectivity index (χ0v) is 74.6. The number of hydrogen-bond acceptors (Lipinski definition) is 24. The second kappa shape index (κ2) is 71.1. The van der Waals surface area contributed by atoms with Crippen molar-refractivity contribution in [1.82, 2.24) is 0 Å². The van der Waals surface area contributed by atoms with E-state index < -0.39 is 162 Å². The summed E-state index contributed by atoms with van der Waals surface area (Å²) in [6.45, 7) is 5.58. The fourth-order valence-corrected chi connectivity index (χ4v) is 16.6. The van der Waals surface area contributed by atoms with E-state index in [2.05, 4.69) is 52.0 Å². The number of aliphatic hydroxyl groups is 9. The molecular weight excluding hydrogens is 1540 g/mol. The molecule has 0 radical (unpaired) electrons. The maximum absolute atomic E-state index is 14.9. The second-order valence-corrected chi connectivity index (χ2v) is 35.3. The number of aliphatic hydroxyl groups excluding tert-OH is 9. The lowest BCUT2D eigenvalue weighted by Crippen LogP contribution is -2.70. The molecule has 0 aromatic heterocycles. The summed E-state index contributed by atoms with van der Waals surface area (Å²) in [5.74, 6) is -2.98. The molecule has 2 aliphatic heterocycles. The topological polar surface area (TPSA) is 380 Å². The van der Waals surface area contributed by atoms with Crippen LogP contribution >= 0.6 is 7.82 Å². The molecule has 0 aromatic carbocycles. The van der Waals surface area contributed by atoms with Gasteiger partial charge in [0.15, 0.2) is 24.8 Å². The Morgan fingerprint density at radius 1 is 0.331 bits per heavy atom. The Kier molecular flexibility index (Phi) is 65.8. The number of allylic oxidation sites excluding steroid dienone is 4. The van der Waals surface area contributed by atoms with E-state index in [9.17, 15) is 74.6 Å². The lowest BCUT2D eigenvalue weighted by atomic mass is 9.84. The molecule has 25 nitrogen and oxygen atoms in total. The molecule has 0 bridgehead atoms. The van der Waals surface area contributed by atoms with Crippen LogP contribution < -0.4 is 0 Å². The first-order valence-corrected chi connectivity index (χ1v) is 49.1. The van der Waals surface area contributed by atoms with Gasteiger partial charge in [0.2, 0.25) is 0 Å². The third kappa shape index (κ3) is 50.8. The van der Waals surface area contributed by atoms with E-state index in [4.69, 9.17) is 46.9 Å². The quantitative estimate of drug-likeness (QED) is 0.00889. The van der Waals surface area contributed by atoms with E-state index in [1.54, 1.807) is 0 Å². The Morgan fingerprint density at radius 2 is 0.636 bits per heavy atom. The Hall–Kier alpha value is -3.05. The molecule has 26 heteroatoms. The minimum atomic E-state index is -5.81. The molecule has 18 atom stereocenters. The first kappa shape index (κ1) is 109. The van der Waals surface area contributed by atoms with Crippen molar-refractivity contribution in [3.05, 3.63) is 24.3 Å². The predicted molar refractivity (Wildman–Crippen MR) is 458 cm³/mol. The standard InChI is InChI=1S/C92H169O25P/c1-5-9-13-17-21-25-29-33-36-39-43-47-51-55-59-63-67-78(97)114-87-83(102)84(103)88(115-91-85(104)81(100)79(98)73(68-93)112-91)90(89(87)116-92-86(105)82(101)80(99)74(113-92)71-109-76(95)65-61-57-53-49-45-42-38-35-31-27-23-19-15-11-7-3)117-118(106,107)110-70-72(111-77(96)66-62-58-54-50-46-40-32-28-24-20-16-12-8-4)69-108-75(94)64-60-56-52-48-44-41-37-34-30-26-22-18-14-10-6-2/h27,31,40,46,72-74,79-93,98-105H,5-26,28-30,32-39,41-45,47-71H2,1-4H3,(H,106,107)/b31-27-,46-40-. The molecule has 0 spiro atoms. The van der Waals surface area contributed by atoms with Crippen LogP contribution in [-0.2, 0) is 70.7 Å². The van der Waals surface area contributed by atoms with Gasteiger partial charge in [-0.15, -0.1) is 0 Å². The van der Waals surface area contributed by atoms with Crippen molar-refractivity contribution in [2.24, 2.45) is 0 Å². The second-order valence-electron chi connectivity index (χ2n) is 33.9. The Balaban J connectivity index is 1.91. The molecule has 1 aliphatic carbocycles. The highest BCUT2D eigenvalue weighted by Crippen LogP contribution is 2.49. The first-order valence-electron chi connectivity index (χ1n) is 47.6. The number of phosphoric acid groups is 1. The highest BCUT2D eigenvalue weighted by atomic mass is 31.2. The average molecular weight is 1710 g/mol. The molecule has 2 heterocycles. The molecule has 3 fully saturated rings. The average Bonchev–Trinajstić information content (AvgIpc) is 0.754. The minimum absolute atomic E-state index is 0.00941. The minimum Gasteiger partial charge on any atom is -0.463 e. The first-order chi connectivity index (χ1) is 57.2. The van der Waals surface area contributed by atoms with Gasteiger partial charge >= 0.3 is 31.7 Å². The number of ether oxygens (including phenoxy) is 8. The van der Waals surface area contributed by atoms with Gasteiger partial charge in [-0.05, 0) is 77.0 Å². The van der Waals surface area contributed by atoms with Gasteiger partial charge in [-0.2, -0.15) is 0 Å². The van der Waals surface area contributed by atoms with Crippen LogP contribution in [0.2, 0.25) is 0 Å². The van der Waals surface area contributed by atoms with Gasteiger partial charge in [0.05, 0.1) is 13.2 Å². The van der Waals surface area contributed by atoms with Crippen LogP contribution in [0.4, 0.5) is 0 Å². The molecule has 118 heavy (non-hydrogen) atoms. The van der Waals surface area contributed by atoms with Crippen molar-refractivity contribution in [3.63, 3.8) is 0 Å². The third-order valence-electron chi connectivity index (χ3n) is 23.2. The number of hydrogen-bond donors (Lipinski definition) is 10. The van der Waals surface area contributed by atoms with Crippen molar-refractivity contribution in [3.8, 4) is 0 Å². The van der Waals surface area contributed by atoms with Gasteiger partial charge in [-0.1, -0.05) is 328 Å². The molecule has 18 unspecified atom stereocenters. The van der Waals surface area contributed by atoms with Crippen molar-refractivity contribution >= 4 is 31.7 Å². The molecule has 3 aliphatic rings. The summed E-state index contributed by atoms with van der Waals surface area (Å²) in [6.07, 6.45) is 31.6. The Bertz CT molecular complexity index is 2550. The monoisotopic (exact) mass is 1710 g/mol. The maximum atomic E-state index is 14.9. The van der Waals surface area contributed by atoms with Crippen LogP contribution in [0.5, 0.6) is 0 Å². The summed E-state index contributed by atoms with van der Waals surface area (Å²) in [5, 5.41) is 102. The van der Waals surface area contributed by atoms with E-state index in [-0.39, 0.29) is 25.7 Å². The van der Waals surface area contributed by atoms with Crippen LogP contribution in [0.25, 0.3) is 0 Å². The molecule has 2 saturated heterocycles. The number of esters is 4. The molecule has 3 rings (SSSR count). The summed E-state index contributed by atoms with van der Waals surface area (Å²) in [4.78, 5) is 66.5. The maximum Gasteiger partial charge on any atom is 0.472 e. The van der Waals surface area contributed by atoms with E-state index in [1.807, 2.05) is 0 Å². The molecule has 692 valence electrons. The van der Waals surface area contributed by atoms with Crippen LogP contribution in [0.3, 0.4) is 0 Å². The zero-order chi connectivity index (χ0) is 86.1. The SMILES string of the molecule is CCCCCC/C=C\CCCCCCCCCC(=O)OCC1OC(OC2C(OC(=O)CCCCCCCCCCCCCCCCCC)C(O)C(O)C(OC3OC(CO)C(O)C(O)C3O)C2OP(=O)(O)OCC(COC(=O)CCCCCCCCCCCCCCCCC)OC(=O)CCCCC/C=C\CCCCCCCC)C(O)C(O)C1O. The summed E-state index contributed by atoms with van der Waals surface area (Å²) in [6, 6.07) is 0. The molecule has 10 N–H and O–H groups in total. The predicted octanol–water partition coefficient (Wildman–Crippen LogP) is 17.7. The fraction of sp³-hybridized carbons (Fsp3) is 0.913. The number of unbranched alkanes of at least 4 members (excludes halogenated alkanes) is 49. The van der Waals surface area contributed by atoms with Crippen LogP contribution in [0, 0.1) is 0 Å². The summed E-state index contributed by atoms with van der Waals surface area (Å²) >= 11 is 0. The summed E-state index contributed by atoms with van der Waals surface area (Å²) in [7, 11) is -5.81. The number of rotatable bonds is 77. The van der Waals surface area contributed by atoms with E-state index in [0.29, 0.717) is 38.5 Å². The van der Waals surface area contributed by atoms with Crippen LogP contribution in [0.1, 0.15) is 407 Å². The summed E-state index contributed by atoms with van der Waals surface area (Å²) < 4.78 is 73.4. The van der Waals surface area contributed by atoms with E-state index >= 15 is 0 Å². The van der Waals surface area contributed by atoms with E-state index in [1.165, 1.54) is 173 Å². The van der Waals surface area contributed by atoms with Crippen molar-refractivity contribution in [2.75, 3.05) is 26.4 Å². The lowest BCUT2D eigenvalue weighted by Gasteiger charge is -2.50. The lowest BCUT2D eigenvalue weighted by molar-refractivity contribution is -0.360. The largest absolute Gasteiger partial charge is 0.472 e. The molecular formula is C92H169O25P. The molecule has 0 aromatic rings.